The van der Waals surface area contributed by atoms with Gasteiger partial charge in [0, 0.05) is 6.54 Å². The van der Waals surface area contributed by atoms with Crippen LogP contribution < -0.4 is 5.32 Å². The summed E-state index contributed by atoms with van der Waals surface area (Å²) in [7, 11) is 1.34. The molecular formula is C14H21NO3. The number of esters is 1. The highest BCUT2D eigenvalue weighted by Gasteiger charge is 2.23. The van der Waals surface area contributed by atoms with Gasteiger partial charge in [0.25, 0.3) is 0 Å². The van der Waals surface area contributed by atoms with Gasteiger partial charge in [-0.1, -0.05) is 30.3 Å². The topological polar surface area (TPSA) is 58.6 Å². The Kier molecular flexibility index (Phi) is 6.39. The molecule has 1 aromatic rings. The Morgan fingerprint density at radius 1 is 1.39 bits per heavy atom. The van der Waals surface area contributed by atoms with Crippen LogP contribution in [0.15, 0.2) is 30.3 Å². The Morgan fingerprint density at radius 2 is 2.06 bits per heavy atom. The second-order valence-electron chi connectivity index (χ2n) is 4.32. The Morgan fingerprint density at radius 3 is 2.61 bits per heavy atom. The average molecular weight is 251 g/mol. The summed E-state index contributed by atoms with van der Waals surface area (Å²) < 4.78 is 4.66. The number of methoxy groups -OCH3 is 1. The summed E-state index contributed by atoms with van der Waals surface area (Å²) in [5.41, 5.74) is 1.20. The van der Waals surface area contributed by atoms with Crippen LogP contribution in [0.1, 0.15) is 18.9 Å². The molecule has 1 aromatic carbocycles. The first-order valence-electron chi connectivity index (χ1n) is 6.15. The van der Waals surface area contributed by atoms with Gasteiger partial charge < -0.3 is 15.2 Å². The van der Waals surface area contributed by atoms with Crippen molar-refractivity contribution in [3.63, 3.8) is 0 Å². The van der Waals surface area contributed by atoms with Crippen LogP contribution in [0.3, 0.4) is 0 Å². The van der Waals surface area contributed by atoms with Crippen LogP contribution >= 0.6 is 0 Å². The molecule has 0 aromatic heterocycles. The summed E-state index contributed by atoms with van der Waals surface area (Å²) >= 11 is 0. The molecule has 2 atom stereocenters. The number of hydrogen-bond donors (Lipinski definition) is 2. The molecule has 0 aliphatic rings. The second kappa shape index (κ2) is 7.84. The molecule has 1 rings (SSSR count). The van der Waals surface area contributed by atoms with Crippen molar-refractivity contribution in [2.24, 2.45) is 5.92 Å². The minimum Gasteiger partial charge on any atom is -0.469 e. The summed E-state index contributed by atoms with van der Waals surface area (Å²) in [6.45, 7) is 3.03. The van der Waals surface area contributed by atoms with E-state index in [-0.39, 0.29) is 5.97 Å². The number of rotatable bonds is 7. The minimum atomic E-state index is -0.684. The molecule has 18 heavy (non-hydrogen) atoms. The van der Waals surface area contributed by atoms with Gasteiger partial charge in [0.05, 0.1) is 19.1 Å². The van der Waals surface area contributed by atoms with E-state index in [1.807, 2.05) is 30.3 Å². The summed E-state index contributed by atoms with van der Waals surface area (Å²) in [5.74, 6) is -0.815. The van der Waals surface area contributed by atoms with Gasteiger partial charge in [-0.25, -0.2) is 0 Å². The first-order chi connectivity index (χ1) is 8.65. The van der Waals surface area contributed by atoms with Gasteiger partial charge in [0.1, 0.15) is 0 Å². The molecular weight excluding hydrogens is 230 g/mol. The van der Waals surface area contributed by atoms with Crippen molar-refractivity contribution in [3.05, 3.63) is 35.9 Å². The number of benzene rings is 1. The van der Waals surface area contributed by atoms with Crippen LogP contribution in [0, 0.1) is 5.92 Å². The molecule has 0 bridgehead atoms. The lowest BCUT2D eigenvalue weighted by Crippen LogP contribution is -2.30. The summed E-state index contributed by atoms with van der Waals surface area (Å²) in [5, 5.41) is 12.7. The van der Waals surface area contributed by atoms with Gasteiger partial charge in [-0.05, 0) is 25.5 Å². The van der Waals surface area contributed by atoms with E-state index >= 15 is 0 Å². The normalized spacial score (nSPS) is 13.9. The Hall–Kier alpha value is -1.39. The minimum absolute atomic E-state index is 0.355. The van der Waals surface area contributed by atoms with E-state index in [1.54, 1.807) is 6.92 Å². The van der Waals surface area contributed by atoms with Crippen molar-refractivity contribution in [1.82, 2.24) is 5.32 Å². The predicted molar refractivity (Wildman–Crippen MR) is 70.0 cm³/mol. The third-order valence-electron chi connectivity index (χ3n) is 2.89. The van der Waals surface area contributed by atoms with Crippen molar-refractivity contribution < 1.29 is 14.6 Å². The molecule has 0 saturated heterocycles. The zero-order valence-electron chi connectivity index (χ0n) is 10.9. The van der Waals surface area contributed by atoms with Gasteiger partial charge in [0.2, 0.25) is 0 Å². The molecule has 4 heteroatoms. The van der Waals surface area contributed by atoms with Crippen molar-refractivity contribution in [3.8, 4) is 0 Å². The van der Waals surface area contributed by atoms with E-state index < -0.39 is 12.0 Å². The quantitative estimate of drug-likeness (QED) is 0.567. The number of hydrogen-bond acceptors (Lipinski definition) is 4. The molecule has 4 nitrogen and oxygen atoms in total. The molecule has 100 valence electrons. The van der Waals surface area contributed by atoms with Crippen LogP contribution in [0.25, 0.3) is 0 Å². The molecule has 0 radical (unpaired) electrons. The van der Waals surface area contributed by atoms with Crippen molar-refractivity contribution in [2.75, 3.05) is 13.7 Å². The van der Waals surface area contributed by atoms with Crippen LogP contribution in [-0.2, 0) is 16.1 Å². The van der Waals surface area contributed by atoms with Crippen LogP contribution in [0.5, 0.6) is 0 Å². The molecule has 2 N–H and O–H groups in total. The van der Waals surface area contributed by atoms with E-state index in [0.717, 1.165) is 6.54 Å². The Labute approximate surface area is 108 Å². The van der Waals surface area contributed by atoms with E-state index in [2.05, 4.69) is 10.1 Å². The van der Waals surface area contributed by atoms with Gasteiger partial charge in [0.15, 0.2) is 0 Å². The lowest BCUT2D eigenvalue weighted by molar-refractivity contribution is -0.149. The average Bonchev–Trinajstić information content (AvgIpc) is 2.38. The van der Waals surface area contributed by atoms with Gasteiger partial charge in [-0.2, -0.15) is 0 Å². The maximum Gasteiger partial charge on any atom is 0.311 e. The second-order valence-corrected chi connectivity index (χ2v) is 4.32. The fourth-order valence-corrected chi connectivity index (χ4v) is 1.79. The largest absolute Gasteiger partial charge is 0.469 e. The third kappa shape index (κ3) is 4.85. The molecule has 0 unspecified atom stereocenters. The van der Waals surface area contributed by atoms with Crippen LogP contribution in [-0.4, -0.2) is 30.8 Å². The highest BCUT2D eigenvalue weighted by atomic mass is 16.5. The molecule has 0 spiro atoms. The fraction of sp³-hybridized carbons (Fsp3) is 0.500. The van der Waals surface area contributed by atoms with Gasteiger partial charge >= 0.3 is 5.97 Å². The van der Waals surface area contributed by atoms with Crippen molar-refractivity contribution in [1.29, 1.82) is 0 Å². The number of carbonyl (C=O) groups excluding carboxylic acids is 1. The molecule has 0 aliphatic heterocycles. The maximum atomic E-state index is 11.4. The first-order valence-corrected chi connectivity index (χ1v) is 6.15. The molecule has 0 fully saturated rings. The zero-order valence-corrected chi connectivity index (χ0v) is 10.9. The van der Waals surface area contributed by atoms with Gasteiger partial charge in [-0.3, -0.25) is 4.79 Å². The zero-order chi connectivity index (χ0) is 13.4. The van der Waals surface area contributed by atoms with Crippen molar-refractivity contribution >= 4 is 5.97 Å². The van der Waals surface area contributed by atoms with Crippen LogP contribution in [0.4, 0.5) is 0 Å². The molecule has 0 saturated carbocycles. The smallest absolute Gasteiger partial charge is 0.311 e. The van der Waals surface area contributed by atoms with Crippen molar-refractivity contribution in [2.45, 2.75) is 26.0 Å². The van der Waals surface area contributed by atoms with E-state index in [4.69, 9.17) is 0 Å². The standard InChI is InChI=1S/C14H21NO3/c1-11(16)13(14(17)18-2)8-9-15-10-12-6-4-3-5-7-12/h3-7,11,13,15-16H,8-10H2,1-2H3/t11-,13-/m0/s1. The number of ether oxygens (including phenoxy) is 1. The Bertz CT molecular complexity index is 351. The number of nitrogens with one attached hydrogen (secondary N) is 1. The lowest BCUT2D eigenvalue weighted by Gasteiger charge is -2.17. The monoisotopic (exact) mass is 251 g/mol. The van der Waals surface area contributed by atoms with Crippen LogP contribution in [0.2, 0.25) is 0 Å². The third-order valence-corrected chi connectivity index (χ3v) is 2.89. The summed E-state index contributed by atoms with van der Waals surface area (Å²) in [4.78, 5) is 11.4. The summed E-state index contributed by atoms with van der Waals surface area (Å²) in [6, 6.07) is 10.0. The Balaban J connectivity index is 2.29. The fourth-order valence-electron chi connectivity index (χ4n) is 1.79. The number of aliphatic hydroxyl groups excluding tert-OH is 1. The highest BCUT2D eigenvalue weighted by Crippen LogP contribution is 2.10. The van der Waals surface area contributed by atoms with E-state index in [9.17, 15) is 9.90 Å². The number of aliphatic hydroxyl groups is 1. The van der Waals surface area contributed by atoms with Gasteiger partial charge in [-0.15, -0.1) is 0 Å². The van der Waals surface area contributed by atoms with E-state index in [1.165, 1.54) is 12.7 Å². The highest BCUT2D eigenvalue weighted by molar-refractivity contribution is 5.72. The summed E-state index contributed by atoms with van der Waals surface area (Å²) in [6.07, 6.45) is -0.118. The first kappa shape index (κ1) is 14.7. The van der Waals surface area contributed by atoms with E-state index in [0.29, 0.717) is 13.0 Å². The maximum absolute atomic E-state index is 11.4. The molecule has 0 heterocycles. The predicted octanol–water partition coefficient (Wildman–Crippen LogP) is 1.34. The SMILES string of the molecule is COC(=O)[C@@H](CCNCc1ccccc1)[C@H](C)O. The number of carbonyl (C=O) groups is 1. The lowest BCUT2D eigenvalue weighted by atomic mass is 10.00. The molecule has 0 amide bonds. The molecule has 0 aliphatic carbocycles.